The number of hydrogen-bond donors (Lipinski definition) is 1. The molecule has 2 atom stereocenters. The van der Waals surface area contributed by atoms with Gasteiger partial charge < -0.3 is 9.84 Å². The summed E-state index contributed by atoms with van der Waals surface area (Å²) in [4.78, 5) is 0. The van der Waals surface area contributed by atoms with Crippen LogP contribution in [0.3, 0.4) is 0 Å². The maximum Gasteiger partial charge on any atom is 0.119 e. The smallest absolute Gasteiger partial charge is 0.119 e. The Labute approximate surface area is 104 Å². The average molecular weight is 234 g/mol. The van der Waals surface area contributed by atoms with E-state index in [1.807, 2.05) is 19.1 Å². The Balaban J connectivity index is 1.93. The zero-order valence-electron chi connectivity index (χ0n) is 11.2. The van der Waals surface area contributed by atoms with Crippen LogP contribution in [0.2, 0.25) is 0 Å². The summed E-state index contributed by atoms with van der Waals surface area (Å²) in [6.07, 6.45) is 2.53. The van der Waals surface area contributed by atoms with E-state index in [4.69, 9.17) is 4.74 Å². The highest BCUT2D eigenvalue weighted by molar-refractivity contribution is 5.38. The van der Waals surface area contributed by atoms with Gasteiger partial charge in [-0.15, -0.1) is 0 Å². The molecule has 0 unspecified atom stereocenters. The Hall–Kier alpha value is -1.02. The Morgan fingerprint density at radius 3 is 2.59 bits per heavy atom. The summed E-state index contributed by atoms with van der Waals surface area (Å²) in [5.41, 5.74) is 2.23. The highest BCUT2D eigenvalue weighted by atomic mass is 16.6. The van der Waals surface area contributed by atoms with Crippen molar-refractivity contribution in [2.45, 2.75) is 58.2 Å². The van der Waals surface area contributed by atoms with E-state index in [0.29, 0.717) is 17.8 Å². The topological polar surface area (TPSA) is 32.8 Å². The first-order valence-corrected chi connectivity index (χ1v) is 6.37. The third-order valence-electron chi connectivity index (χ3n) is 3.74. The molecule has 2 rings (SSSR count). The van der Waals surface area contributed by atoms with Crippen LogP contribution in [-0.2, 0) is 4.74 Å². The van der Waals surface area contributed by atoms with Gasteiger partial charge in [-0.25, -0.2) is 0 Å². The van der Waals surface area contributed by atoms with Gasteiger partial charge in [0.05, 0.1) is 11.7 Å². The number of phenolic OH excluding ortho intramolecular Hbond substituents is 1. The van der Waals surface area contributed by atoms with Crippen LogP contribution in [0.4, 0.5) is 0 Å². The van der Waals surface area contributed by atoms with Gasteiger partial charge in [-0.05, 0) is 56.7 Å². The van der Waals surface area contributed by atoms with E-state index in [1.165, 1.54) is 0 Å². The van der Waals surface area contributed by atoms with Crippen LogP contribution < -0.4 is 0 Å². The van der Waals surface area contributed by atoms with Crippen molar-refractivity contribution < 1.29 is 9.84 Å². The minimum atomic E-state index is 0.0784. The number of epoxide rings is 1. The van der Waals surface area contributed by atoms with Gasteiger partial charge in [-0.2, -0.15) is 0 Å². The van der Waals surface area contributed by atoms with Crippen molar-refractivity contribution in [3.63, 3.8) is 0 Å². The van der Waals surface area contributed by atoms with Gasteiger partial charge in [0.25, 0.3) is 0 Å². The number of rotatable bonds is 4. The van der Waals surface area contributed by atoms with Crippen molar-refractivity contribution in [1.82, 2.24) is 0 Å². The molecule has 1 aromatic rings. The fraction of sp³-hybridized carbons (Fsp3) is 0.600. The summed E-state index contributed by atoms with van der Waals surface area (Å²) in [6.45, 7) is 8.42. The first kappa shape index (κ1) is 12.4. The Morgan fingerprint density at radius 2 is 2.06 bits per heavy atom. The number of phenols is 1. The number of benzene rings is 1. The number of hydrogen-bond acceptors (Lipinski definition) is 2. The van der Waals surface area contributed by atoms with Gasteiger partial charge in [-0.1, -0.05) is 19.1 Å². The van der Waals surface area contributed by atoms with Gasteiger partial charge in [-0.3, -0.25) is 0 Å². The second-order valence-corrected chi connectivity index (χ2v) is 5.75. The lowest BCUT2D eigenvalue weighted by molar-refractivity contribution is 0.317. The summed E-state index contributed by atoms with van der Waals surface area (Å²) in [5.74, 6) is 0.809. The second kappa shape index (κ2) is 4.34. The van der Waals surface area contributed by atoms with E-state index < -0.39 is 0 Å². The van der Waals surface area contributed by atoms with Gasteiger partial charge in [0, 0.05) is 0 Å². The van der Waals surface area contributed by atoms with Crippen LogP contribution in [0, 0.1) is 6.92 Å². The quantitative estimate of drug-likeness (QED) is 0.804. The molecule has 1 aliphatic rings. The SMILES string of the molecule is Cc1ccc([C@@H](C)CC[C@@H]2OC2(C)C)c(O)c1. The summed E-state index contributed by atoms with van der Waals surface area (Å²) in [5, 5.41) is 9.91. The molecule has 1 fully saturated rings. The Kier molecular flexibility index (Phi) is 3.17. The van der Waals surface area contributed by atoms with Crippen molar-refractivity contribution >= 4 is 0 Å². The molecule has 1 heterocycles. The van der Waals surface area contributed by atoms with E-state index >= 15 is 0 Å². The van der Waals surface area contributed by atoms with E-state index in [9.17, 15) is 5.11 Å². The molecule has 2 nitrogen and oxygen atoms in total. The lowest BCUT2D eigenvalue weighted by atomic mass is 9.92. The summed E-state index contributed by atoms with van der Waals surface area (Å²) in [7, 11) is 0. The van der Waals surface area contributed by atoms with Gasteiger partial charge >= 0.3 is 0 Å². The fourth-order valence-electron chi connectivity index (χ4n) is 2.37. The van der Waals surface area contributed by atoms with E-state index in [1.54, 1.807) is 0 Å². The minimum absolute atomic E-state index is 0.0784. The van der Waals surface area contributed by atoms with E-state index in [-0.39, 0.29) is 5.60 Å². The Morgan fingerprint density at radius 1 is 1.41 bits per heavy atom. The first-order valence-electron chi connectivity index (χ1n) is 6.37. The van der Waals surface area contributed by atoms with Crippen LogP contribution in [-0.4, -0.2) is 16.8 Å². The van der Waals surface area contributed by atoms with Gasteiger partial charge in [0.1, 0.15) is 5.75 Å². The van der Waals surface area contributed by atoms with Gasteiger partial charge in [0.2, 0.25) is 0 Å². The molecule has 0 spiro atoms. The largest absolute Gasteiger partial charge is 0.508 e. The minimum Gasteiger partial charge on any atom is -0.508 e. The molecular weight excluding hydrogens is 212 g/mol. The molecule has 0 aromatic heterocycles. The third-order valence-corrected chi connectivity index (χ3v) is 3.74. The predicted octanol–water partition coefficient (Wildman–Crippen LogP) is 3.76. The molecule has 0 radical (unpaired) electrons. The monoisotopic (exact) mass is 234 g/mol. The average Bonchev–Trinajstić information content (AvgIpc) is 2.83. The van der Waals surface area contributed by atoms with Crippen molar-refractivity contribution in [3.8, 4) is 5.75 Å². The van der Waals surface area contributed by atoms with Crippen LogP contribution >= 0.6 is 0 Å². The number of aryl methyl sites for hydroxylation is 1. The van der Waals surface area contributed by atoms with Crippen molar-refractivity contribution in [2.24, 2.45) is 0 Å². The van der Waals surface area contributed by atoms with E-state index in [2.05, 4.69) is 26.8 Å². The molecule has 0 saturated carbocycles. The molecular formula is C15H22O2. The molecule has 94 valence electrons. The van der Waals surface area contributed by atoms with Crippen LogP contribution in [0.25, 0.3) is 0 Å². The first-order chi connectivity index (χ1) is 7.90. The molecule has 2 heteroatoms. The molecule has 1 aliphatic heterocycles. The molecule has 0 amide bonds. The van der Waals surface area contributed by atoms with Crippen molar-refractivity contribution in [3.05, 3.63) is 29.3 Å². The normalized spacial score (nSPS) is 23.4. The fourth-order valence-corrected chi connectivity index (χ4v) is 2.37. The third kappa shape index (κ3) is 2.81. The maximum atomic E-state index is 9.91. The molecule has 17 heavy (non-hydrogen) atoms. The number of aromatic hydroxyl groups is 1. The zero-order valence-corrected chi connectivity index (χ0v) is 11.2. The predicted molar refractivity (Wildman–Crippen MR) is 69.4 cm³/mol. The molecule has 1 saturated heterocycles. The standard InChI is InChI=1S/C15H22O2/c1-10-5-7-12(13(16)9-10)11(2)6-8-14-15(3,4)17-14/h5,7,9,11,14,16H,6,8H2,1-4H3/t11-,14-/m0/s1. The second-order valence-electron chi connectivity index (χ2n) is 5.75. The van der Waals surface area contributed by atoms with Crippen LogP contribution in [0.15, 0.2) is 18.2 Å². The molecule has 1 N–H and O–H groups in total. The van der Waals surface area contributed by atoms with E-state index in [0.717, 1.165) is 24.0 Å². The lowest BCUT2D eigenvalue weighted by Crippen LogP contribution is -2.04. The summed E-state index contributed by atoms with van der Waals surface area (Å²) in [6, 6.07) is 5.93. The number of ether oxygens (including phenoxy) is 1. The Bertz CT molecular complexity index is 409. The van der Waals surface area contributed by atoms with Crippen LogP contribution in [0.5, 0.6) is 5.75 Å². The highest BCUT2D eigenvalue weighted by Gasteiger charge is 2.47. The lowest BCUT2D eigenvalue weighted by Gasteiger charge is -2.13. The van der Waals surface area contributed by atoms with Crippen LogP contribution in [0.1, 0.15) is 50.7 Å². The molecule has 0 aliphatic carbocycles. The maximum absolute atomic E-state index is 9.91. The van der Waals surface area contributed by atoms with Crippen molar-refractivity contribution in [2.75, 3.05) is 0 Å². The zero-order chi connectivity index (χ0) is 12.6. The summed E-state index contributed by atoms with van der Waals surface area (Å²) >= 11 is 0. The van der Waals surface area contributed by atoms with Gasteiger partial charge in [0.15, 0.2) is 0 Å². The molecule has 1 aromatic carbocycles. The van der Waals surface area contributed by atoms with Crippen molar-refractivity contribution in [1.29, 1.82) is 0 Å². The molecule has 0 bridgehead atoms. The highest BCUT2D eigenvalue weighted by Crippen LogP contribution is 2.40. The summed E-state index contributed by atoms with van der Waals surface area (Å²) < 4.78 is 5.58.